The SMILES string of the molecule is CC(C)(C)C1CCN(C(=O)C(F)(F)C(F)F)CC1. The van der Waals surface area contributed by atoms with Crippen LogP contribution in [0.4, 0.5) is 17.6 Å². The standard InChI is InChI=1S/C12H19F4NO/c1-11(2,3)8-4-6-17(7-5-8)10(18)12(15,16)9(13)14/h8-9H,4-7H2,1-3H3. The monoisotopic (exact) mass is 269 g/mol. The smallest absolute Gasteiger partial charge is 0.337 e. The second kappa shape index (κ2) is 5.05. The van der Waals surface area contributed by atoms with Gasteiger partial charge in [0.2, 0.25) is 0 Å². The summed E-state index contributed by atoms with van der Waals surface area (Å²) in [7, 11) is 0. The fraction of sp³-hybridized carbons (Fsp3) is 0.917. The van der Waals surface area contributed by atoms with Crippen molar-refractivity contribution in [3.63, 3.8) is 0 Å². The molecule has 0 aromatic rings. The minimum absolute atomic E-state index is 0.0420. The number of hydrogen-bond acceptors (Lipinski definition) is 1. The van der Waals surface area contributed by atoms with E-state index in [-0.39, 0.29) is 18.5 Å². The molecule has 0 aliphatic carbocycles. The lowest BCUT2D eigenvalue weighted by Crippen LogP contribution is -2.51. The van der Waals surface area contributed by atoms with Crippen LogP contribution in [0.25, 0.3) is 0 Å². The quantitative estimate of drug-likeness (QED) is 0.705. The fourth-order valence-corrected chi connectivity index (χ4v) is 2.25. The number of nitrogens with zero attached hydrogens (tertiary/aromatic N) is 1. The van der Waals surface area contributed by atoms with Crippen LogP contribution in [-0.4, -0.2) is 36.2 Å². The molecule has 0 atom stereocenters. The van der Waals surface area contributed by atoms with E-state index in [9.17, 15) is 22.4 Å². The second-order valence-corrected chi connectivity index (χ2v) is 5.86. The molecule has 106 valence electrons. The summed E-state index contributed by atoms with van der Waals surface area (Å²) >= 11 is 0. The lowest BCUT2D eigenvalue weighted by molar-refractivity contribution is -0.182. The Labute approximate surface area is 104 Å². The Kier molecular flexibility index (Phi) is 4.28. The number of alkyl halides is 4. The van der Waals surface area contributed by atoms with Crippen molar-refractivity contribution >= 4 is 5.91 Å². The summed E-state index contributed by atoms with van der Waals surface area (Å²) in [4.78, 5) is 12.2. The molecule has 1 fully saturated rings. The minimum Gasteiger partial charge on any atom is -0.337 e. The molecular formula is C12H19F4NO. The van der Waals surface area contributed by atoms with Crippen LogP contribution in [0, 0.1) is 11.3 Å². The Morgan fingerprint density at radius 1 is 1.17 bits per heavy atom. The molecule has 0 aromatic heterocycles. The van der Waals surface area contributed by atoms with Gasteiger partial charge in [0, 0.05) is 13.1 Å². The van der Waals surface area contributed by atoms with Crippen LogP contribution in [0.5, 0.6) is 0 Å². The van der Waals surface area contributed by atoms with Crippen molar-refractivity contribution in [2.75, 3.05) is 13.1 Å². The highest BCUT2D eigenvalue weighted by Gasteiger charge is 2.51. The number of likely N-dealkylation sites (tertiary alicyclic amines) is 1. The lowest BCUT2D eigenvalue weighted by atomic mass is 9.75. The van der Waals surface area contributed by atoms with E-state index in [0.717, 1.165) is 4.90 Å². The number of piperidine rings is 1. The number of rotatable bonds is 2. The van der Waals surface area contributed by atoms with E-state index in [1.807, 2.05) is 20.8 Å². The molecule has 0 saturated carbocycles. The van der Waals surface area contributed by atoms with Crippen molar-refractivity contribution in [2.24, 2.45) is 11.3 Å². The molecule has 1 heterocycles. The third kappa shape index (κ3) is 3.14. The molecule has 0 radical (unpaired) electrons. The molecule has 0 unspecified atom stereocenters. The fourth-order valence-electron chi connectivity index (χ4n) is 2.25. The van der Waals surface area contributed by atoms with Gasteiger partial charge >= 0.3 is 12.3 Å². The zero-order chi connectivity index (χ0) is 14.1. The van der Waals surface area contributed by atoms with E-state index >= 15 is 0 Å². The number of carbonyl (C=O) groups excluding carboxylic acids is 1. The summed E-state index contributed by atoms with van der Waals surface area (Å²) in [5, 5.41) is 0. The summed E-state index contributed by atoms with van der Waals surface area (Å²) in [6.45, 7) is 6.39. The number of carbonyl (C=O) groups is 1. The summed E-state index contributed by atoms with van der Waals surface area (Å²) in [6, 6.07) is 0. The average Bonchev–Trinajstić information content (AvgIpc) is 2.26. The Hall–Kier alpha value is -0.810. The first kappa shape index (κ1) is 15.2. The van der Waals surface area contributed by atoms with Crippen LogP contribution in [0.1, 0.15) is 33.6 Å². The highest BCUT2D eigenvalue weighted by atomic mass is 19.3. The van der Waals surface area contributed by atoms with Gasteiger partial charge < -0.3 is 4.90 Å². The van der Waals surface area contributed by atoms with E-state index in [1.165, 1.54) is 0 Å². The molecule has 1 rings (SSSR count). The summed E-state index contributed by atoms with van der Waals surface area (Å²) in [5.41, 5.74) is 0.0420. The molecular weight excluding hydrogens is 250 g/mol. The van der Waals surface area contributed by atoms with Gasteiger partial charge in [-0.1, -0.05) is 20.8 Å². The predicted octanol–water partition coefficient (Wildman–Crippen LogP) is 3.17. The largest absolute Gasteiger partial charge is 0.383 e. The third-order valence-corrected chi connectivity index (χ3v) is 3.57. The van der Waals surface area contributed by atoms with Crippen molar-refractivity contribution in [2.45, 2.75) is 46.0 Å². The van der Waals surface area contributed by atoms with Gasteiger partial charge in [0.1, 0.15) is 0 Å². The molecule has 1 amide bonds. The van der Waals surface area contributed by atoms with E-state index in [4.69, 9.17) is 0 Å². The molecule has 6 heteroatoms. The minimum atomic E-state index is -4.56. The number of halogens is 4. The molecule has 0 N–H and O–H groups in total. The maximum absolute atomic E-state index is 12.9. The Balaban J connectivity index is 2.61. The first-order chi connectivity index (χ1) is 8.06. The predicted molar refractivity (Wildman–Crippen MR) is 59.7 cm³/mol. The highest BCUT2D eigenvalue weighted by Crippen LogP contribution is 2.35. The van der Waals surface area contributed by atoms with Crippen molar-refractivity contribution in [1.29, 1.82) is 0 Å². The average molecular weight is 269 g/mol. The summed E-state index contributed by atoms with van der Waals surface area (Å²) in [6.07, 6.45) is -2.78. The van der Waals surface area contributed by atoms with E-state index in [0.29, 0.717) is 18.8 Å². The first-order valence-corrected chi connectivity index (χ1v) is 6.02. The zero-order valence-electron chi connectivity index (χ0n) is 10.9. The Morgan fingerprint density at radius 2 is 1.61 bits per heavy atom. The summed E-state index contributed by atoms with van der Waals surface area (Å²) in [5.74, 6) is -5.99. The molecule has 0 spiro atoms. The normalized spacial score (nSPS) is 19.4. The van der Waals surface area contributed by atoms with Crippen LogP contribution in [0.15, 0.2) is 0 Å². The molecule has 1 saturated heterocycles. The number of amides is 1. The molecule has 1 aliphatic heterocycles. The van der Waals surface area contributed by atoms with E-state index in [1.54, 1.807) is 0 Å². The van der Waals surface area contributed by atoms with E-state index in [2.05, 4.69) is 0 Å². The van der Waals surface area contributed by atoms with Crippen LogP contribution < -0.4 is 0 Å². The van der Waals surface area contributed by atoms with Crippen LogP contribution in [0.2, 0.25) is 0 Å². The molecule has 18 heavy (non-hydrogen) atoms. The van der Waals surface area contributed by atoms with Gasteiger partial charge in [0.05, 0.1) is 0 Å². The zero-order valence-corrected chi connectivity index (χ0v) is 10.9. The Bertz CT molecular complexity index is 304. The van der Waals surface area contributed by atoms with E-state index < -0.39 is 18.3 Å². The van der Waals surface area contributed by atoms with Crippen LogP contribution in [0.3, 0.4) is 0 Å². The molecule has 0 bridgehead atoms. The number of hydrogen-bond donors (Lipinski definition) is 0. The van der Waals surface area contributed by atoms with Crippen molar-refractivity contribution in [1.82, 2.24) is 4.90 Å². The van der Waals surface area contributed by atoms with Gasteiger partial charge in [-0.2, -0.15) is 8.78 Å². The lowest BCUT2D eigenvalue weighted by Gasteiger charge is -2.39. The first-order valence-electron chi connectivity index (χ1n) is 6.02. The Morgan fingerprint density at radius 3 is 1.94 bits per heavy atom. The van der Waals surface area contributed by atoms with Crippen LogP contribution in [-0.2, 0) is 4.79 Å². The molecule has 2 nitrogen and oxygen atoms in total. The van der Waals surface area contributed by atoms with Gasteiger partial charge in [0.15, 0.2) is 0 Å². The van der Waals surface area contributed by atoms with Gasteiger partial charge in [-0.15, -0.1) is 0 Å². The van der Waals surface area contributed by atoms with Crippen molar-refractivity contribution < 1.29 is 22.4 Å². The summed E-state index contributed by atoms with van der Waals surface area (Å²) < 4.78 is 50.0. The van der Waals surface area contributed by atoms with Crippen LogP contribution >= 0.6 is 0 Å². The van der Waals surface area contributed by atoms with Gasteiger partial charge in [-0.05, 0) is 24.2 Å². The van der Waals surface area contributed by atoms with Gasteiger partial charge in [0.25, 0.3) is 5.91 Å². The van der Waals surface area contributed by atoms with Crippen molar-refractivity contribution in [3.05, 3.63) is 0 Å². The maximum atomic E-state index is 12.9. The maximum Gasteiger partial charge on any atom is 0.383 e. The highest BCUT2D eigenvalue weighted by molar-refractivity contribution is 5.84. The molecule has 0 aromatic carbocycles. The topological polar surface area (TPSA) is 20.3 Å². The van der Waals surface area contributed by atoms with Crippen molar-refractivity contribution in [3.8, 4) is 0 Å². The third-order valence-electron chi connectivity index (χ3n) is 3.57. The van der Waals surface area contributed by atoms with Gasteiger partial charge in [-0.25, -0.2) is 8.78 Å². The van der Waals surface area contributed by atoms with Gasteiger partial charge in [-0.3, -0.25) is 4.79 Å². The molecule has 1 aliphatic rings. The second-order valence-electron chi connectivity index (χ2n) is 5.86.